The Hall–Kier alpha value is -2.50. The SMILES string of the molecule is COC(=O)C1CCN(C(=O)COC(=O)C2CC(O)CN2S(=O)(=O)c2ccc(C)c(C)c2)CC1. The number of carbonyl (C=O) groups excluding carboxylic acids is 3. The fourth-order valence-corrected chi connectivity index (χ4v) is 5.84. The van der Waals surface area contributed by atoms with Crippen LogP contribution >= 0.6 is 0 Å². The van der Waals surface area contributed by atoms with Crippen LogP contribution in [-0.4, -0.2) is 86.1 Å². The number of aliphatic hydroxyl groups excluding tert-OH is 1. The third-order valence-corrected chi connectivity index (χ3v) is 8.18. The molecular formula is C22H30N2O8S. The summed E-state index contributed by atoms with van der Waals surface area (Å²) in [6.45, 7) is 3.56. The normalized spacial score (nSPS) is 22.2. The van der Waals surface area contributed by atoms with Crippen LogP contribution in [-0.2, 0) is 33.9 Å². The molecule has 2 aliphatic rings. The Labute approximate surface area is 193 Å². The summed E-state index contributed by atoms with van der Waals surface area (Å²) in [6.07, 6.45) is -0.203. The van der Waals surface area contributed by atoms with Gasteiger partial charge < -0.3 is 19.5 Å². The average Bonchev–Trinajstić information content (AvgIpc) is 3.21. The summed E-state index contributed by atoms with van der Waals surface area (Å²) in [4.78, 5) is 38.3. The van der Waals surface area contributed by atoms with Crippen LogP contribution in [0.4, 0.5) is 0 Å². The van der Waals surface area contributed by atoms with Crippen LogP contribution < -0.4 is 0 Å². The maximum Gasteiger partial charge on any atom is 0.325 e. The molecule has 0 aromatic heterocycles. The number of piperidine rings is 1. The highest BCUT2D eigenvalue weighted by Crippen LogP contribution is 2.28. The molecule has 1 aromatic rings. The standard InChI is InChI=1S/C22H30N2O8S/c1-14-4-5-18(10-15(14)2)33(29,30)24-12-17(25)11-19(24)22(28)32-13-20(26)23-8-6-16(7-9-23)21(27)31-3/h4-5,10,16-17,19,25H,6-9,11-13H2,1-3H3. The van der Waals surface area contributed by atoms with E-state index in [0.717, 1.165) is 15.4 Å². The molecule has 1 amide bonds. The molecular weight excluding hydrogens is 452 g/mol. The van der Waals surface area contributed by atoms with Crippen molar-refractivity contribution in [2.24, 2.45) is 5.92 Å². The van der Waals surface area contributed by atoms with Gasteiger partial charge in [-0.2, -0.15) is 4.31 Å². The summed E-state index contributed by atoms with van der Waals surface area (Å²) < 4.78 is 37.1. The number of carbonyl (C=O) groups is 3. The Balaban J connectivity index is 1.62. The molecule has 0 aliphatic carbocycles. The van der Waals surface area contributed by atoms with E-state index in [1.54, 1.807) is 13.0 Å². The largest absolute Gasteiger partial charge is 0.469 e. The predicted octanol–water partition coefficient (Wildman–Crippen LogP) is 0.382. The van der Waals surface area contributed by atoms with Crippen molar-refractivity contribution in [3.8, 4) is 0 Å². The van der Waals surface area contributed by atoms with Gasteiger partial charge in [-0.05, 0) is 49.9 Å². The van der Waals surface area contributed by atoms with Crippen LogP contribution in [0.3, 0.4) is 0 Å². The van der Waals surface area contributed by atoms with Crippen molar-refractivity contribution < 1.29 is 37.4 Å². The highest BCUT2D eigenvalue weighted by atomic mass is 32.2. The zero-order valence-electron chi connectivity index (χ0n) is 19.0. The van der Waals surface area contributed by atoms with Gasteiger partial charge in [0.05, 0.1) is 24.0 Å². The van der Waals surface area contributed by atoms with Gasteiger partial charge in [-0.25, -0.2) is 8.42 Å². The van der Waals surface area contributed by atoms with Crippen molar-refractivity contribution in [2.45, 2.75) is 50.2 Å². The summed E-state index contributed by atoms with van der Waals surface area (Å²) in [7, 11) is -2.73. The van der Waals surface area contributed by atoms with Crippen LogP contribution in [0.15, 0.2) is 23.1 Å². The average molecular weight is 483 g/mol. The van der Waals surface area contributed by atoms with Gasteiger partial charge in [0.25, 0.3) is 5.91 Å². The second kappa shape index (κ2) is 10.2. The molecule has 2 fully saturated rings. The summed E-state index contributed by atoms with van der Waals surface area (Å²) >= 11 is 0. The first-order valence-corrected chi connectivity index (χ1v) is 12.3. The van der Waals surface area contributed by atoms with Crippen molar-refractivity contribution in [3.63, 3.8) is 0 Å². The minimum absolute atomic E-state index is 0.0297. The van der Waals surface area contributed by atoms with E-state index in [4.69, 9.17) is 9.47 Å². The predicted molar refractivity (Wildman–Crippen MR) is 116 cm³/mol. The van der Waals surface area contributed by atoms with Gasteiger partial charge in [0.1, 0.15) is 6.04 Å². The number of β-amino-alcohol motifs (C(OH)–C–C–N with tert-alkyl or cyclic N) is 1. The number of methoxy groups -OCH3 is 1. The van der Waals surface area contributed by atoms with Crippen LogP contribution in [0.2, 0.25) is 0 Å². The summed E-state index contributed by atoms with van der Waals surface area (Å²) in [6, 6.07) is 3.46. The van der Waals surface area contributed by atoms with Crippen molar-refractivity contribution in [3.05, 3.63) is 29.3 Å². The smallest absolute Gasteiger partial charge is 0.325 e. The number of rotatable bonds is 6. The number of benzene rings is 1. The maximum atomic E-state index is 13.1. The number of hydrogen-bond donors (Lipinski definition) is 1. The van der Waals surface area contributed by atoms with Gasteiger partial charge in [0, 0.05) is 26.1 Å². The Morgan fingerprint density at radius 2 is 1.76 bits per heavy atom. The quantitative estimate of drug-likeness (QED) is 0.576. The lowest BCUT2D eigenvalue weighted by molar-refractivity contribution is -0.156. The Bertz CT molecular complexity index is 1020. The topological polar surface area (TPSA) is 131 Å². The number of nitrogens with zero attached hydrogens (tertiary/aromatic N) is 2. The number of likely N-dealkylation sites (tertiary alicyclic amines) is 1. The van der Waals surface area contributed by atoms with Crippen LogP contribution in [0.1, 0.15) is 30.4 Å². The molecule has 2 aliphatic heterocycles. The van der Waals surface area contributed by atoms with Crippen molar-refractivity contribution >= 4 is 27.9 Å². The molecule has 0 spiro atoms. The molecule has 10 nitrogen and oxygen atoms in total. The van der Waals surface area contributed by atoms with Gasteiger partial charge in [-0.3, -0.25) is 14.4 Å². The molecule has 2 atom stereocenters. The molecule has 0 radical (unpaired) electrons. The molecule has 1 aromatic carbocycles. The maximum absolute atomic E-state index is 13.1. The third kappa shape index (κ3) is 5.53. The number of aliphatic hydroxyl groups is 1. The van der Waals surface area contributed by atoms with E-state index in [-0.39, 0.29) is 29.7 Å². The van der Waals surface area contributed by atoms with Gasteiger partial charge in [0.2, 0.25) is 10.0 Å². The highest BCUT2D eigenvalue weighted by molar-refractivity contribution is 7.89. The third-order valence-electron chi connectivity index (χ3n) is 6.31. The summed E-state index contributed by atoms with van der Waals surface area (Å²) in [5.74, 6) is -1.87. The number of ether oxygens (including phenoxy) is 2. The zero-order valence-corrected chi connectivity index (χ0v) is 19.8. The van der Waals surface area contributed by atoms with E-state index in [1.807, 2.05) is 6.92 Å². The number of hydrogen-bond acceptors (Lipinski definition) is 8. The van der Waals surface area contributed by atoms with E-state index in [9.17, 15) is 27.9 Å². The van der Waals surface area contributed by atoms with Crippen LogP contribution in [0.25, 0.3) is 0 Å². The molecule has 33 heavy (non-hydrogen) atoms. The van der Waals surface area contributed by atoms with Crippen molar-refractivity contribution in [1.29, 1.82) is 0 Å². The van der Waals surface area contributed by atoms with E-state index in [0.29, 0.717) is 25.9 Å². The number of aryl methyl sites for hydroxylation is 2. The zero-order chi connectivity index (χ0) is 24.3. The summed E-state index contributed by atoms with van der Waals surface area (Å²) in [5.41, 5.74) is 1.72. The van der Waals surface area contributed by atoms with Crippen molar-refractivity contribution in [2.75, 3.05) is 33.4 Å². The lowest BCUT2D eigenvalue weighted by Gasteiger charge is -2.30. The second-order valence-electron chi connectivity index (χ2n) is 8.51. The molecule has 3 rings (SSSR count). The van der Waals surface area contributed by atoms with Crippen LogP contribution in [0, 0.1) is 19.8 Å². The summed E-state index contributed by atoms with van der Waals surface area (Å²) in [5, 5.41) is 10.1. The van der Waals surface area contributed by atoms with Crippen LogP contribution in [0.5, 0.6) is 0 Å². The number of esters is 2. The molecule has 182 valence electrons. The molecule has 2 unspecified atom stereocenters. The molecule has 2 saturated heterocycles. The number of sulfonamides is 1. The molecule has 0 bridgehead atoms. The minimum atomic E-state index is -4.05. The highest BCUT2D eigenvalue weighted by Gasteiger charge is 2.44. The Kier molecular flexibility index (Phi) is 7.76. The van der Waals surface area contributed by atoms with Crippen molar-refractivity contribution in [1.82, 2.24) is 9.21 Å². The second-order valence-corrected chi connectivity index (χ2v) is 10.4. The molecule has 2 heterocycles. The number of amides is 1. The Morgan fingerprint density at radius 1 is 1.09 bits per heavy atom. The molecule has 11 heteroatoms. The first-order chi connectivity index (χ1) is 15.5. The van der Waals surface area contributed by atoms with E-state index < -0.39 is 40.7 Å². The first kappa shape index (κ1) is 25.1. The van der Waals surface area contributed by atoms with E-state index in [2.05, 4.69) is 0 Å². The van der Waals surface area contributed by atoms with Gasteiger partial charge >= 0.3 is 11.9 Å². The van der Waals surface area contributed by atoms with Gasteiger partial charge in [-0.1, -0.05) is 6.07 Å². The monoisotopic (exact) mass is 482 g/mol. The lowest BCUT2D eigenvalue weighted by atomic mass is 9.97. The fraction of sp³-hybridized carbons (Fsp3) is 0.591. The Morgan fingerprint density at radius 3 is 2.36 bits per heavy atom. The molecule has 1 N–H and O–H groups in total. The van der Waals surface area contributed by atoms with Gasteiger partial charge in [0.15, 0.2) is 6.61 Å². The van der Waals surface area contributed by atoms with E-state index >= 15 is 0 Å². The lowest BCUT2D eigenvalue weighted by Crippen LogP contribution is -2.44. The fourth-order valence-electron chi connectivity index (χ4n) is 4.13. The minimum Gasteiger partial charge on any atom is -0.469 e. The first-order valence-electron chi connectivity index (χ1n) is 10.8. The van der Waals surface area contributed by atoms with E-state index in [1.165, 1.54) is 24.1 Å². The van der Waals surface area contributed by atoms with Gasteiger partial charge in [-0.15, -0.1) is 0 Å². The molecule has 0 saturated carbocycles.